The lowest BCUT2D eigenvalue weighted by Crippen LogP contribution is -2.68. The Bertz CT molecular complexity index is 713. The maximum absolute atomic E-state index is 11.6. The van der Waals surface area contributed by atoms with Gasteiger partial charge < -0.3 is 10.4 Å². The Balaban J connectivity index is 1.76. The third-order valence-electron chi connectivity index (χ3n) is 4.11. The minimum absolute atomic E-state index is 0.151. The molecule has 5 nitrogen and oxygen atoms in total. The summed E-state index contributed by atoms with van der Waals surface area (Å²) in [7, 11) is 0. The largest absolute Gasteiger partial charge is 0.465 e. The van der Waals surface area contributed by atoms with Crippen molar-refractivity contribution in [2.75, 3.05) is 0 Å². The number of hydrogen-bond donors (Lipinski definition) is 2. The number of hydrogen-bond acceptors (Lipinski definition) is 2. The fourth-order valence-electron chi connectivity index (χ4n) is 2.85. The number of carbonyl (C=O) groups excluding carboxylic acids is 1. The molecule has 0 saturated carbocycles. The van der Waals surface area contributed by atoms with Crippen molar-refractivity contribution < 1.29 is 14.7 Å². The maximum Gasteiger partial charge on any atom is 0.408 e. The Kier molecular flexibility index (Phi) is 4.02. The van der Waals surface area contributed by atoms with E-state index in [4.69, 9.17) is 0 Å². The van der Waals surface area contributed by atoms with Gasteiger partial charge in [0.1, 0.15) is 6.04 Å². The first-order valence-electron chi connectivity index (χ1n) is 7.50. The first kappa shape index (κ1) is 15.1. The number of nitrogens with one attached hydrogen (secondary N) is 1. The van der Waals surface area contributed by atoms with Crippen LogP contribution in [0.5, 0.6) is 0 Å². The first-order valence-corrected chi connectivity index (χ1v) is 7.50. The molecule has 2 aromatic rings. The number of nitrogens with zero attached hydrogens (tertiary/aromatic N) is 1. The summed E-state index contributed by atoms with van der Waals surface area (Å²) in [5.41, 5.74) is 3.05. The van der Waals surface area contributed by atoms with Gasteiger partial charge in [-0.1, -0.05) is 54.6 Å². The third-order valence-corrected chi connectivity index (χ3v) is 4.11. The first-order chi connectivity index (χ1) is 11.1. The van der Waals surface area contributed by atoms with E-state index in [1.54, 1.807) is 6.92 Å². The molecular formula is C18H18N2O3. The zero-order chi connectivity index (χ0) is 16.4. The van der Waals surface area contributed by atoms with Crippen LogP contribution in [0.15, 0.2) is 54.6 Å². The lowest BCUT2D eigenvalue weighted by atomic mass is 9.98. The monoisotopic (exact) mass is 310 g/mol. The summed E-state index contributed by atoms with van der Waals surface area (Å²) in [5.74, 6) is -0.235. The van der Waals surface area contributed by atoms with E-state index in [1.165, 1.54) is 4.90 Å². The zero-order valence-electron chi connectivity index (χ0n) is 12.8. The molecule has 1 fully saturated rings. The summed E-state index contributed by atoms with van der Waals surface area (Å²) < 4.78 is 0. The van der Waals surface area contributed by atoms with Gasteiger partial charge in [-0.2, -0.15) is 0 Å². The highest BCUT2D eigenvalue weighted by atomic mass is 16.4. The standard InChI is InChI=1S/C18H18N2O3/c1-12-16(17(21)19-12)20(18(22)23)11-13-7-9-15(10-8-13)14-5-3-2-4-6-14/h2-10,12,16H,11H2,1H3,(H,19,21)(H,22,23)/t12-,16-/m1/s1. The van der Waals surface area contributed by atoms with Gasteiger partial charge in [0.15, 0.2) is 0 Å². The number of carbonyl (C=O) groups is 2. The molecule has 23 heavy (non-hydrogen) atoms. The number of amides is 2. The van der Waals surface area contributed by atoms with Gasteiger partial charge >= 0.3 is 6.09 Å². The topological polar surface area (TPSA) is 69.6 Å². The molecule has 0 aliphatic carbocycles. The van der Waals surface area contributed by atoms with Gasteiger partial charge in [0.25, 0.3) is 0 Å². The fraction of sp³-hybridized carbons (Fsp3) is 0.222. The van der Waals surface area contributed by atoms with E-state index in [1.807, 2.05) is 54.6 Å². The van der Waals surface area contributed by atoms with Crippen molar-refractivity contribution in [1.29, 1.82) is 0 Å². The summed E-state index contributed by atoms with van der Waals surface area (Å²) in [5, 5.41) is 12.0. The molecule has 3 rings (SSSR count). The SMILES string of the molecule is C[C@H]1NC(=O)[C@@H]1N(Cc1ccc(-c2ccccc2)cc1)C(=O)O. The summed E-state index contributed by atoms with van der Waals surface area (Å²) in [6.45, 7) is 2.01. The van der Waals surface area contributed by atoms with E-state index in [0.717, 1.165) is 16.7 Å². The lowest BCUT2D eigenvalue weighted by Gasteiger charge is -2.40. The lowest BCUT2D eigenvalue weighted by molar-refractivity contribution is -0.136. The third kappa shape index (κ3) is 3.04. The Hall–Kier alpha value is -2.82. The van der Waals surface area contributed by atoms with Crippen LogP contribution in [-0.2, 0) is 11.3 Å². The highest BCUT2D eigenvalue weighted by molar-refractivity contribution is 5.91. The molecule has 2 N–H and O–H groups in total. The predicted molar refractivity (Wildman–Crippen MR) is 86.8 cm³/mol. The molecule has 2 atom stereocenters. The number of carboxylic acid groups (broad SMARTS) is 1. The Labute approximate surface area is 134 Å². The molecule has 1 heterocycles. The molecule has 1 aliphatic heterocycles. The zero-order valence-corrected chi connectivity index (χ0v) is 12.8. The van der Waals surface area contributed by atoms with E-state index in [2.05, 4.69) is 5.32 Å². The Morgan fingerprint density at radius 3 is 2.22 bits per heavy atom. The molecule has 1 aliphatic rings. The van der Waals surface area contributed by atoms with Crippen molar-refractivity contribution in [1.82, 2.24) is 10.2 Å². The highest BCUT2D eigenvalue weighted by Crippen LogP contribution is 2.22. The molecule has 2 aromatic carbocycles. The van der Waals surface area contributed by atoms with Gasteiger partial charge in [0.2, 0.25) is 5.91 Å². The van der Waals surface area contributed by atoms with E-state index in [0.29, 0.717) is 0 Å². The van der Waals surface area contributed by atoms with Crippen molar-refractivity contribution in [2.24, 2.45) is 0 Å². The molecule has 2 amide bonds. The summed E-state index contributed by atoms with van der Waals surface area (Å²) in [4.78, 5) is 24.3. The molecule has 0 aromatic heterocycles. The van der Waals surface area contributed by atoms with Crippen LogP contribution in [-0.4, -0.2) is 34.1 Å². The quantitative estimate of drug-likeness (QED) is 0.853. The number of rotatable bonds is 4. The van der Waals surface area contributed by atoms with Crippen LogP contribution >= 0.6 is 0 Å². The highest BCUT2D eigenvalue weighted by Gasteiger charge is 2.42. The maximum atomic E-state index is 11.6. The Morgan fingerprint density at radius 1 is 1.09 bits per heavy atom. The smallest absolute Gasteiger partial charge is 0.408 e. The average Bonchev–Trinajstić information content (AvgIpc) is 2.55. The van der Waals surface area contributed by atoms with E-state index in [-0.39, 0.29) is 18.5 Å². The van der Waals surface area contributed by atoms with Crippen LogP contribution in [0.3, 0.4) is 0 Å². The summed E-state index contributed by atoms with van der Waals surface area (Å²) in [6, 6.07) is 17.0. The second-order valence-electron chi connectivity index (χ2n) is 5.72. The minimum Gasteiger partial charge on any atom is -0.465 e. The van der Waals surface area contributed by atoms with E-state index in [9.17, 15) is 14.7 Å². The van der Waals surface area contributed by atoms with Crippen LogP contribution in [0.1, 0.15) is 12.5 Å². The molecule has 0 unspecified atom stereocenters. The summed E-state index contributed by atoms with van der Waals surface area (Å²) in [6.07, 6.45) is -1.08. The van der Waals surface area contributed by atoms with Crippen LogP contribution < -0.4 is 5.32 Å². The van der Waals surface area contributed by atoms with Gasteiger partial charge in [-0.05, 0) is 23.6 Å². The van der Waals surface area contributed by atoms with E-state index < -0.39 is 12.1 Å². The molecule has 0 bridgehead atoms. The van der Waals surface area contributed by atoms with Crippen LogP contribution in [0, 0.1) is 0 Å². The van der Waals surface area contributed by atoms with Gasteiger partial charge in [0.05, 0.1) is 6.04 Å². The van der Waals surface area contributed by atoms with Crippen molar-refractivity contribution >= 4 is 12.0 Å². The fourth-order valence-corrected chi connectivity index (χ4v) is 2.85. The molecule has 0 spiro atoms. The van der Waals surface area contributed by atoms with Crippen molar-refractivity contribution in [3.8, 4) is 11.1 Å². The normalized spacial score (nSPS) is 19.6. The molecule has 118 valence electrons. The van der Waals surface area contributed by atoms with Gasteiger partial charge in [-0.15, -0.1) is 0 Å². The van der Waals surface area contributed by atoms with Crippen LogP contribution in [0.25, 0.3) is 11.1 Å². The van der Waals surface area contributed by atoms with Crippen molar-refractivity contribution in [3.63, 3.8) is 0 Å². The van der Waals surface area contributed by atoms with E-state index >= 15 is 0 Å². The minimum atomic E-state index is -1.08. The average molecular weight is 310 g/mol. The molecule has 1 saturated heterocycles. The van der Waals surface area contributed by atoms with Crippen LogP contribution in [0.2, 0.25) is 0 Å². The molecule has 0 radical (unpaired) electrons. The Morgan fingerprint density at radius 2 is 1.70 bits per heavy atom. The van der Waals surface area contributed by atoms with Crippen molar-refractivity contribution in [3.05, 3.63) is 60.2 Å². The van der Waals surface area contributed by atoms with Crippen LogP contribution in [0.4, 0.5) is 4.79 Å². The second-order valence-corrected chi connectivity index (χ2v) is 5.72. The molecular weight excluding hydrogens is 292 g/mol. The number of β-lactam (4-membered cyclic amide) rings is 1. The van der Waals surface area contributed by atoms with Crippen molar-refractivity contribution in [2.45, 2.75) is 25.6 Å². The molecule has 5 heteroatoms. The van der Waals surface area contributed by atoms with Gasteiger partial charge in [0, 0.05) is 6.54 Å². The second kappa shape index (κ2) is 6.12. The number of benzene rings is 2. The summed E-state index contributed by atoms with van der Waals surface area (Å²) >= 11 is 0. The van der Waals surface area contributed by atoms with Gasteiger partial charge in [-0.3, -0.25) is 9.69 Å². The predicted octanol–water partition coefficient (Wildman–Crippen LogP) is 2.72. The van der Waals surface area contributed by atoms with Gasteiger partial charge in [-0.25, -0.2) is 4.79 Å².